The van der Waals surface area contributed by atoms with Gasteiger partial charge in [0.2, 0.25) is 0 Å². The van der Waals surface area contributed by atoms with Gasteiger partial charge in [0.05, 0.1) is 0 Å². The minimum absolute atomic E-state index is 0.0685. The van der Waals surface area contributed by atoms with Crippen LogP contribution in [-0.2, 0) is 6.42 Å². The quantitative estimate of drug-likeness (QED) is 0.841. The Kier molecular flexibility index (Phi) is 3.23. The number of nitrogens with two attached hydrogens (primary N) is 1. The molecule has 2 aromatic rings. The fourth-order valence-corrected chi connectivity index (χ4v) is 1.67. The molecule has 18 heavy (non-hydrogen) atoms. The van der Waals surface area contributed by atoms with Crippen LogP contribution >= 0.6 is 0 Å². The van der Waals surface area contributed by atoms with Crippen molar-refractivity contribution < 1.29 is 4.42 Å². The largest absolute Gasteiger partial charge is 0.426 e. The van der Waals surface area contributed by atoms with Gasteiger partial charge in [-0.1, -0.05) is 19.1 Å². The Balaban J connectivity index is 2.58. The number of anilines is 1. The highest BCUT2D eigenvalue weighted by Gasteiger charge is 2.10. The molecule has 0 bridgehead atoms. The molecule has 0 aliphatic rings. The lowest BCUT2D eigenvalue weighted by molar-refractivity contribution is 0.468. The molecule has 0 saturated carbocycles. The molecule has 5 nitrogen and oxygen atoms in total. The van der Waals surface area contributed by atoms with Crippen LogP contribution in [0, 0.1) is 4.91 Å². The Hall–Kier alpha value is -2.43. The van der Waals surface area contributed by atoms with E-state index in [1.807, 2.05) is 6.92 Å². The molecule has 1 aromatic heterocycles. The maximum atomic E-state index is 11.6. The second-order valence-corrected chi connectivity index (χ2v) is 3.82. The topological polar surface area (TPSA) is 85.7 Å². The van der Waals surface area contributed by atoms with E-state index in [4.69, 9.17) is 10.2 Å². The monoisotopic (exact) mass is 244 g/mol. The molecule has 1 aromatic carbocycles. The number of rotatable bonds is 3. The summed E-state index contributed by atoms with van der Waals surface area (Å²) in [6.07, 6.45) is 0.608. The predicted molar refractivity (Wildman–Crippen MR) is 69.7 cm³/mol. The van der Waals surface area contributed by atoms with Crippen LogP contribution in [0.25, 0.3) is 11.1 Å². The third kappa shape index (κ3) is 2.15. The molecule has 0 amide bonds. The van der Waals surface area contributed by atoms with Crippen molar-refractivity contribution in [2.24, 2.45) is 5.18 Å². The van der Waals surface area contributed by atoms with Crippen LogP contribution in [0.2, 0.25) is 0 Å². The van der Waals surface area contributed by atoms with Gasteiger partial charge in [-0.2, -0.15) is 0 Å². The van der Waals surface area contributed by atoms with E-state index >= 15 is 0 Å². The molecular weight excluding hydrogens is 232 g/mol. The molecule has 0 saturated heterocycles. The molecule has 0 aliphatic heterocycles. The summed E-state index contributed by atoms with van der Waals surface area (Å²) in [7, 11) is 0. The van der Waals surface area contributed by atoms with Crippen LogP contribution < -0.4 is 11.4 Å². The van der Waals surface area contributed by atoms with Crippen LogP contribution in [0.4, 0.5) is 11.4 Å². The van der Waals surface area contributed by atoms with Gasteiger partial charge in [-0.3, -0.25) is 0 Å². The average Bonchev–Trinajstić information content (AvgIpc) is 2.42. The molecular formula is C13H12N2O3. The van der Waals surface area contributed by atoms with Crippen LogP contribution in [0.15, 0.2) is 44.7 Å². The first-order chi connectivity index (χ1) is 8.65. The Morgan fingerprint density at radius 2 is 1.94 bits per heavy atom. The van der Waals surface area contributed by atoms with Gasteiger partial charge in [-0.15, -0.1) is 4.91 Å². The van der Waals surface area contributed by atoms with E-state index < -0.39 is 5.63 Å². The van der Waals surface area contributed by atoms with Crippen molar-refractivity contribution in [3.8, 4) is 11.1 Å². The van der Waals surface area contributed by atoms with E-state index in [9.17, 15) is 9.70 Å². The van der Waals surface area contributed by atoms with Crippen molar-refractivity contribution in [2.45, 2.75) is 13.3 Å². The van der Waals surface area contributed by atoms with Crippen molar-refractivity contribution in [3.63, 3.8) is 0 Å². The van der Waals surface area contributed by atoms with Gasteiger partial charge >= 0.3 is 5.63 Å². The molecule has 0 radical (unpaired) electrons. The molecule has 0 aliphatic carbocycles. The summed E-state index contributed by atoms with van der Waals surface area (Å²) >= 11 is 0. The van der Waals surface area contributed by atoms with E-state index in [0.717, 1.165) is 5.56 Å². The van der Waals surface area contributed by atoms with Crippen LogP contribution in [0.1, 0.15) is 12.7 Å². The zero-order valence-electron chi connectivity index (χ0n) is 9.84. The molecule has 0 atom stereocenters. The summed E-state index contributed by atoms with van der Waals surface area (Å²) < 4.78 is 5.02. The van der Waals surface area contributed by atoms with Crippen molar-refractivity contribution in [1.82, 2.24) is 0 Å². The number of nitrogens with zero attached hydrogens (tertiary/aromatic N) is 1. The molecule has 0 unspecified atom stereocenters. The standard InChI is InChI=1S/C13H12N2O3/c1-2-10-7-11(12(14)13(16)18-10)8-3-5-9(15-17)6-4-8/h3-7H,2,14H2,1H3. The summed E-state index contributed by atoms with van der Waals surface area (Å²) in [4.78, 5) is 21.9. The van der Waals surface area contributed by atoms with Gasteiger partial charge in [-0.05, 0) is 28.9 Å². The maximum absolute atomic E-state index is 11.6. The fraction of sp³-hybridized carbons (Fsp3) is 0.154. The number of hydrogen-bond acceptors (Lipinski definition) is 5. The van der Waals surface area contributed by atoms with Crippen LogP contribution in [0.5, 0.6) is 0 Å². The summed E-state index contributed by atoms with van der Waals surface area (Å²) in [5.74, 6) is 0.571. The third-order valence-electron chi connectivity index (χ3n) is 2.67. The smallest absolute Gasteiger partial charge is 0.359 e. The zero-order valence-corrected chi connectivity index (χ0v) is 9.84. The van der Waals surface area contributed by atoms with Crippen LogP contribution in [-0.4, -0.2) is 0 Å². The maximum Gasteiger partial charge on any atom is 0.359 e. The molecule has 1 heterocycles. The van der Waals surface area contributed by atoms with Crippen molar-refractivity contribution in [1.29, 1.82) is 0 Å². The molecule has 5 heteroatoms. The molecule has 2 N–H and O–H groups in total. The molecule has 92 valence electrons. The fourth-order valence-electron chi connectivity index (χ4n) is 1.67. The molecule has 0 spiro atoms. The highest BCUT2D eigenvalue weighted by atomic mass is 16.4. The average molecular weight is 244 g/mol. The number of nitroso groups, excluding NO2 is 1. The van der Waals surface area contributed by atoms with Gasteiger partial charge in [-0.25, -0.2) is 4.79 Å². The third-order valence-corrected chi connectivity index (χ3v) is 2.67. The van der Waals surface area contributed by atoms with Gasteiger partial charge < -0.3 is 10.2 Å². The number of nitrogen functional groups attached to an aromatic ring is 1. The summed E-state index contributed by atoms with van der Waals surface area (Å²) in [5.41, 5.74) is 6.94. The molecule has 0 fully saturated rings. The number of aryl methyl sites for hydroxylation is 1. The van der Waals surface area contributed by atoms with Crippen molar-refractivity contribution in [3.05, 3.63) is 51.4 Å². The first-order valence-electron chi connectivity index (χ1n) is 5.52. The Morgan fingerprint density at radius 1 is 1.28 bits per heavy atom. The second kappa shape index (κ2) is 4.83. The van der Waals surface area contributed by atoms with Crippen molar-refractivity contribution >= 4 is 11.4 Å². The highest BCUT2D eigenvalue weighted by molar-refractivity contribution is 5.76. The van der Waals surface area contributed by atoms with Gasteiger partial charge in [0, 0.05) is 12.0 Å². The predicted octanol–water partition coefficient (Wildman–Crippen LogP) is 2.85. The Morgan fingerprint density at radius 3 is 2.50 bits per heavy atom. The lowest BCUT2D eigenvalue weighted by Gasteiger charge is -2.06. The number of hydrogen-bond donors (Lipinski definition) is 1. The number of benzene rings is 1. The highest BCUT2D eigenvalue weighted by Crippen LogP contribution is 2.26. The first kappa shape index (κ1) is 12.0. The Labute approximate surface area is 103 Å². The van der Waals surface area contributed by atoms with E-state index in [0.29, 0.717) is 23.4 Å². The minimum Gasteiger partial charge on any atom is -0.426 e. The van der Waals surface area contributed by atoms with E-state index in [1.54, 1.807) is 30.3 Å². The van der Waals surface area contributed by atoms with Gasteiger partial charge in [0.15, 0.2) is 0 Å². The van der Waals surface area contributed by atoms with E-state index in [2.05, 4.69) is 5.18 Å². The summed E-state index contributed by atoms with van der Waals surface area (Å²) in [5, 5.41) is 2.82. The van der Waals surface area contributed by atoms with Crippen molar-refractivity contribution in [2.75, 3.05) is 5.73 Å². The van der Waals surface area contributed by atoms with Gasteiger partial charge in [0.25, 0.3) is 0 Å². The summed E-state index contributed by atoms with van der Waals surface area (Å²) in [6, 6.07) is 8.27. The summed E-state index contributed by atoms with van der Waals surface area (Å²) in [6.45, 7) is 1.89. The molecule has 2 rings (SSSR count). The second-order valence-electron chi connectivity index (χ2n) is 3.82. The minimum atomic E-state index is -0.540. The SMILES string of the molecule is CCc1cc(-c2ccc(N=O)cc2)c(N)c(=O)o1. The zero-order chi connectivity index (χ0) is 13.1. The normalized spacial score (nSPS) is 10.3. The Bertz CT molecular complexity index is 630. The van der Waals surface area contributed by atoms with E-state index in [1.165, 1.54) is 0 Å². The van der Waals surface area contributed by atoms with E-state index in [-0.39, 0.29) is 5.69 Å². The van der Waals surface area contributed by atoms with Crippen LogP contribution in [0.3, 0.4) is 0 Å². The lowest BCUT2D eigenvalue weighted by Crippen LogP contribution is -2.09. The lowest BCUT2D eigenvalue weighted by atomic mass is 10.0. The van der Waals surface area contributed by atoms with Gasteiger partial charge in [0.1, 0.15) is 17.1 Å². The first-order valence-corrected chi connectivity index (χ1v) is 5.52.